The van der Waals surface area contributed by atoms with Gasteiger partial charge in [0.2, 0.25) is 11.9 Å². The number of aromatic nitrogens is 2. The van der Waals surface area contributed by atoms with Crippen LogP contribution in [0.25, 0.3) is 11.0 Å². The number of nitrogens with one attached hydrogen (secondary N) is 3. The highest BCUT2D eigenvalue weighted by Crippen LogP contribution is 2.31. The van der Waals surface area contributed by atoms with Gasteiger partial charge in [-0.15, -0.1) is 0 Å². The summed E-state index contributed by atoms with van der Waals surface area (Å²) in [6.45, 7) is 0.0144. The van der Waals surface area contributed by atoms with E-state index in [1.54, 1.807) is 0 Å². The third kappa shape index (κ3) is 4.64. The number of alkyl halides is 3. The number of rotatable bonds is 5. The van der Waals surface area contributed by atoms with Crippen molar-refractivity contribution in [2.75, 3.05) is 11.9 Å². The topological polar surface area (TPSA) is 86.9 Å². The molecule has 28 heavy (non-hydrogen) atoms. The van der Waals surface area contributed by atoms with E-state index >= 15 is 0 Å². The number of benzene rings is 2. The zero-order valence-electron chi connectivity index (χ0n) is 14.2. The number of imidazole rings is 1. The van der Waals surface area contributed by atoms with Gasteiger partial charge < -0.3 is 10.3 Å². The van der Waals surface area contributed by atoms with Crippen molar-refractivity contribution in [3.63, 3.8) is 0 Å². The van der Waals surface area contributed by atoms with Crippen LogP contribution in [0, 0.1) is 5.82 Å². The van der Waals surface area contributed by atoms with E-state index in [1.165, 1.54) is 18.2 Å². The van der Waals surface area contributed by atoms with Gasteiger partial charge >= 0.3 is 6.18 Å². The van der Waals surface area contributed by atoms with Gasteiger partial charge in [-0.3, -0.25) is 14.9 Å². The third-order valence-electron chi connectivity index (χ3n) is 3.81. The first-order valence-corrected chi connectivity index (χ1v) is 8.13. The maximum absolute atomic E-state index is 12.8. The van der Waals surface area contributed by atoms with Gasteiger partial charge in [0.25, 0.3) is 5.91 Å². The van der Waals surface area contributed by atoms with Crippen LogP contribution < -0.4 is 10.6 Å². The molecule has 0 unspecified atom stereocenters. The second kappa shape index (κ2) is 7.67. The average Bonchev–Trinajstić information content (AvgIpc) is 3.02. The van der Waals surface area contributed by atoms with Crippen LogP contribution in [0.2, 0.25) is 0 Å². The molecule has 0 atom stereocenters. The molecule has 146 valence electrons. The Morgan fingerprint density at radius 3 is 2.46 bits per heavy atom. The molecule has 0 spiro atoms. The first-order valence-electron chi connectivity index (χ1n) is 8.13. The summed E-state index contributed by atoms with van der Waals surface area (Å²) >= 11 is 0. The van der Waals surface area contributed by atoms with Crippen LogP contribution in [0.1, 0.15) is 22.3 Å². The quantitative estimate of drug-likeness (QED) is 0.579. The van der Waals surface area contributed by atoms with E-state index in [9.17, 15) is 27.2 Å². The summed E-state index contributed by atoms with van der Waals surface area (Å²) in [6.07, 6.45) is -4.57. The molecule has 1 aromatic heterocycles. The lowest BCUT2D eigenvalue weighted by Crippen LogP contribution is -2.27. The van der Waals surface area contributed by atoms with Crippen molar-refractivity contribution < 1.29 is 27.2 Å². The van der Waals surface area contributed by atoms with Crippen LogP contribution >= 0.6 is 0 Å². The number of aromatic amines is 1. The molecule has 2 amide bonds. The number of hydrogen-bond acceptors (Lipinski definition) is 3. The lowest BCUT2D eigenvalue weighted by molar-refractivity contribution is -0.137. The molecule has 0 saturated carbocycles. The van der Waals surface area contributed by atoms with Crippen LogP contribution in [0.15, 0.2) is 42.5 Å². The zero-order chi connectivity index (χ0) is 20.3. The number of nitrogens with zero attached hydrogens (tertiary/aromatic N) is 1. The molecule has 1 heterocycles. The molecular formula is C18H14F4N4O2. The summed E-state index contributed by atoms with van der Waals surface area (Å²) < 4.78 is 51.0. The largest absolute Gasteiger partial charge is 0.416 e. The Bertz CT molecular complexity index is 1010. The van der Waals surface area contributed by atoms with Gasteiger partial charge in [-0.2, -0.15) is 13.2 Å². The van der Waals surface area contributed by atoms with Gasteiger partial charge in [0, 0.05) is 18.5 Å². The second-order valence-corrected chi connectivity index (χ2v) is 5.88. The van der Waals surface area contributed by atoms with Crippen LogP contribution in [0.3, 0.4) is 0 Å². The summed E-state index contributed by atoms with van der Waals surface area (Å²) in [5, 5.41) is 4.93. The fourth-order valence-electron chi connectivity index (χ4n) is 2.43. The smallest absolute Gasteiger partial charge is 0.352 e. The van der Waals surface area contributed by atoms with Gasteiger partial charge in [0.05, 0.1) is 16.6 Å². The van der Waals surface area contributed by atoms with E-state index in [2.05, 4.69) is 20.6 Å². The standard InChI is InChI=1S/C18H14F4N4O2/c19-12-4-1-10(2-5-12)16(28)23-8-7-15(27)26-17-24-13-6-3-11(18(20,21)22)9-14(13)25-17/h1-6,9H,7-8H2,(H,23,28)(H2,24,25,26,27). The van der Waals surface area contributed by atoms with Gasteiger partial charge in [0.15, 0.2) is 0 Å². The number of fused-ring (bicyclic) bond motifs is 1. The SMILES string of the molecule is O=C(CCNC(=O)c1ccc(F)cc1)Nc1nc2ccc(C(F)(F)F)cc2[nH]1. The van der Waals surface area contributed by atoms with E-state index < -0.39 is 29.4 Å². The van der Waals surface area contributed by atoms with E-state index in [0.717, 1.165) is 24.3 Å². The van der Waals surface area contributed by atoms with E-state index in [-0.39, 0.29) is 35.5 Å². The van der Waals surface area contributed by atoms with Gasteiger partial charge in [-0.25, -0.2) is 9.37 Å². The lowest BCUT2D eigenvalue weighted by atomic mass is 10.2. The van der Waals surface area contributed by atoms with E-state index in [0.29, 0.717) is 0 Å². The Morgan fingerprint density at radius 1 is 1.07 bits per heavy atom. The molecule has 0 saturated heterocycles. The molecule has 0 radical (unpaired) electrons. The van der Waals surface area contributed by atoms with Crippen molar-refractivity contribution in [2.45, 2.75) is 12.6 Å². The highest BCUT2D eigenvalue weighted by Gasteiger charge is 2.30. The molecule has 0 aliphatic rings. The maximum atomic E-state index is 12.8. The zero-order valence-corrected chi connectivity index (χ0v) is 14.2. The van der Waals surface area contributed by atoms with Crippen molar-refractivity contribution in [3.8, 4) is 0 Å². The highest BCUT2D eigenvalue weighted by molar-refractivity contribution is 5.95. The Labute approximate surface area is 156 Å². The summed E-state index contributed by atoms with van der Waals surface area (Å²) in [6, 6.07) is 7.93. The molecular weight excluding hydrogens is 380 g/mol. The highest BCUT2D eigenvalue weighted by atomic mass is 19.4. The summed E-state index contributed by atoms with van der Waals surface area (Å²) in [5.74, 6) is -1.42. The first kappa shape index (κ1) is 19.3. The number of halogens is 4. The summed E-state index contributed by atoms with van der Waals surface area (Å²) in [4.78, 5) is 30.4. The fraction of sp³-hybridized carbons (Fsp3) is 0.167. The predicted octanol–water partition coefficient (Wildman–Crippen LogP) is 3.48. The summed E-state index contributed by atoms with van der Waals surface area (Å²) in [5.41, 5.74) is -0.174. The fourth-order valence-corrected chi connectivity index (χ4v) is 2.43. The third-order valence-corrected chi connectivity index (χ3v) is 3.81. The van der Waals surface area contributed by atoms with Crippen LogP contribution in [-0.2, 0) is 11.0 Å². The number of hydrogen-bond donors (Lipinski definition) is 3. The molecule has 3 rings (SSSR count). The maximum Gasteiger partial charge on any atom is 0.416 e. The minimum absolute atomic E-state index is 0.00388. The van der Waals surface area contributed by atoms with Crippen molar-refractivity contribution in [2.24, 2.45) is 0 Å². The van der Waals surface area contributed by atoms with Gasteiger partial charge in [0.1, 0.15) is 5.82 Å². The van der Waals surface area contributed by atoms with Crippen LogP contribution in [0.5, 0.6) is 0 Å². The number of carbonyl (C=O) groups is 2. The second-order valence-electron chi connectivity index (χ2n) is 5.88. The molecule has 0 bridgehead atoms. The average molecular weight is 394 g/mol. The van der Waals surface area contributed by atoms with Gasteiger partial charge in [-0.05, 0) is 42.5 Å². The Morgan fingerprint density at radius 2 is 1.79 bits per heavy atom. The molecule has 6 nitrogen and oxygen atoms in total. The van der Waals surface area contributed by atoms with Crippen LogP contribution in [0.4, 0.5) is 23.5 Å². The number of amides is 2. The normalized spacial score (nSPS) is 11.4. The molecule has 2 aromatic carbocycles. The minimum Gasteiger partial charge on any atom is -0.352 e. The van der Waals surface area contributed by atoms with Crippen LogP contribution in [-0.4, -0.2) is 28.3 Å². The summed E-state index contributed by atoms with van der Waals surface area (Å²) in [7, 11) is 0. The van der Waals surface area contributed by atoms with Crippen molar-refractivity contribution in [1.29, 1.82) is 0 Å². The minimum atomic E-state index is -4.48. The van der Waals surface area contributed by atoms with Gasteiger partial charge in [-0.1, -0.05) is 0 Å². The molecule has 10 heteroatoms. The van der Waals surface area contributed by atoms with E-state index in [4.69, 9.17) is 0 Å². The molecule has 3 N–H and O–H groups in total. The molecule has 0 aliphatic heterocycles. The number of anilines is 1. The predicted molar refractivity (Wildman–Crippen MR) is 93.1 cm³/mol. The van der Waals surface area contributed by atoms with Crippen molar-refractivity contribution in [1.82, 2.24) is 15.3 Å². The Hall–Kier alpha value is -3.43. The Kier molecular flexibility index (Phi) is 5.30. The number of carbonyl (C=O) groups excluding carboxylic acids is 2. The van der Waals surface area contributed by atoms with Crippen molar-refractivity contribution in [3.05, 3.63) is 59.4 Å². The molecule has 0 fully saturated rings. The van der Waals surface area contributed by atoms with Crippen molar-refractivity contribution >= 4 is 28.8 Å². The first-order chi connectivity index (χ1) is 13.2. The van der Waals surface area contributed by atoms with E-state index in [1.807, 2.05) is 0 Å². The number of H-pyrrole nitrogens is 1. The Balaban J connectivity index is 1.54. The molecule has 0 aliphatic carbocycles. The molecule has 3 aromatic rings. The lowest BCUT2D eigenvalue weighted by Gasteiger charge is -2.05. The monoisotopic (exact) mass is 394 g/mol.